The first-order valence-corrected chi connectivity index (χ1v) is 5.70. The molecule has 1 nitrogen and oxygen atoms in total. The van der Waals surface area contributed by atoms with Crippen LogP contribution in [-0.4, -0.2) is 25.1 Å². The van der Waals surface area contributed by atoms with Gasteiger partial charge in [0, 0.05) is 6.54 Å². The van der Waals surface area contributed by atoms with Crippen molar-refractivity contribution in [3.63, 3.8) is 0 Å². The Morgan fingerprint density at radius 2 is 2.25 bits per heavy atom. The minimum absolute atomic E-state index is 0.275. The van der Waals surface area contributed by atoms with Crippen LogP contribution in [-0.2, 0) is 0 Å². The van der Waals surface area contributed by atoms with Gasteiger partial charge < -0.3 is 5.32 Å². The second-order valence-electron chi connectivity index (χ2n) is 3.34. The van der Waals surface area contributed by atoms with Crippen molar-refractivity contribution in [1.82, 2.24) is 5.32 Å². The molecule has 0 aliphatic carbocycles. The monoisotopic (exact) mass is 187 g/mol. The summed E-state index contributed by atoms with van der Waals surface area (Å²) in [6, 6.07) is 0. The van der Waals surface area contributed by atoms with Crippen LogP contribution in [0, 0.1) is 5.41 Å². The number of hydrogen-bond acceptors (Lipinski definition) is 2. The fourth-order valence-corrected chi connectivity index (χ4v) is 2.02. The van der Waals surface area contributed by atoms with E-state index in [1.54, 1.807) is 0 Å². The predicted molar refractivity (Wildman–Crippen MR) is 59.8 cm³/mol. The Labute approximate surface area is 81.0 Å². The molecule has 0 fully saturated rings. The second kappa shape index (κ2) is 6.55. The van der Waals surface area contributed by atoms with Crippen LogP contribution in [0.3, 0.4) is 0 Å². The van der Waals surface area contributed by atoms with Crippen LogP contribution in [0.2, 0.25) is 0 Å². The molecule has 0 spiro atoms. The Morgan fingerprint density at radius 3 is 2.67 bits per heavy atom. The normalized spacial score (nSPS) is 15.6. The number of nitrogens with one attached hydrogen (secondary N) is 1. The quantitative estimate of drug-likeness (QED) is 0.485. The van der Waals surface area contributed by atoms with Crippen LogP contribution < -0.4 is 5.32 Å². The lowest BCUT2D eigenvalue weighted by molar-refractivity contribution is 0.398. The molecule has 0 aromatic rings. The Morgan fingerprint density at radius 1 is 1.58 bits per heavy atom. The molecule has 0 saturated heterocycles. The highest BCUT2D eigenvalue weighted by Gasteiger charge is 2.17. The second-order valence-corrected chi connectivity index (χ2v) is 4.73. The van der Waals surface area contributed by atoms with Crippen LogP contribution in [0.1, 0.15) is 20.3 Å². The topological polar surface area (TPSA) is 12.0 Å². The van der Waals surface area contributed by atoms with Gasteiger partial charge in [-0.2, -0.15) is 11.8 Å². The molecule has 0 aliphatic rings. The highest BCUT2D eigenvalue weighted by atomic mass is 32.2. The summed E-state index contributed by atoms with van der Waals surface area (Å²) in [5, 5.41) is 3.21. The van der Waals surface area contributed by atoms with Gasteiger partial charge in [0.05, 0.1) is 0 Å². The molecule has 1 atom stereocenters. The van der Waals surface area contributed by atoms with Crippen LogP contribution in [0.25, 0.3) is 0 Å². The van der Waals surface area contributed by atoms with Crippen molar-refractivity contribution < 1.29 is 0 Å². The molecule has 0 saturated carbocycles. The van der Waals surface area contributed by atoms with Gasteiger partial charge in [-0.25, -0.2) is 0 Å². The lowest BCUT2D eigenvalue weighted by atomic mass is 9.88. The minimum Gasteiger partial charge on any atom is -0.319 e. The van der Waals surface area contributed by atoms with Gasteiger partial charge in [-0.05, 0) is 30.4 Å². The highest BCUT2D eigenvalue weighted by molar-refractivity contribution is 7.99. The zero-order valence-electron chi connectivity index (χ0n) is 8.52. The van der Waals surface area contributed by atoms with Crippen molar-refractivity contribution in [2.45, 2.75) is 20.3 Å². The summed E-state index contributed by atoms with van der Waals surface area (Å²) in [6.45, 7) is 9.37. The summed E-state index contributed by atoms with van der Waals surface area (Å²) in [5.74, 6) is 2.45. The summed E-state index contributed by atoms with van der Waals surface area (Å²) < 4.78 is 0. The van der Waals surface area contributed by atoms with E-state index in [1.807, 2.05) is 18.8 Å². The van der Waals surface area contributed by atoms with Crippen molar-refractivity contribution in [2.24, 2.45) is 5.41 Å². The molecule has 1 unspecified atom stereocenters. The van der Waals surface area contributed by atoms with Gasteiger partial charge in [0.25, 0.3) is 0 Å². The maximum Gasteiger partial charge on any atom is 0.00370 e. The lowest BCUT2D eigenvalue weighted by Gasteiger charge is -2.24. The molecule has 0 radical (unpaired) electrons. The van der Waals surface area contributed by atoms with Crippen molar-refractivity contribution in [3.05, 3.63) is 12.7 Å². The van der Waals surface area contributed by atoms with Crippen molar-refractivity contribution >= 4 is 11.8 Å². The molecule has 0 aromatic carbocycles. The van der Waals surface area contributed by atoms with Crippen molar-refractivity contribution in [2.75, 3.05) is 25.1 Å². The van der Waals surface area contributed by atoms with E-state index >= 15 is 0 Å². The van der Waals surface area contributed by atoms with Crippen molar-refractivity contribution in [1.29, 1.82) is 0 Å². The van der Waals surface area contributed by atoms with E-state index in [9.17, 15) is 0 Å². The molecular weight excluding hydrogens is 166 g/mol. The van der Waals surface area contributed by atoms with Crippen LogP contribution >= 0.6 is 11.8 Å². The Bertz CT molecular complexity index is 125. The average molecular weight is 187 g/mol. The third kappa shape index (κ3) is 4.83. The van der Waals surface area contributed by atoms with E-state index in [-0.39, 0.29) is 5.41 Å². The number of hydrogen-bond donors (Lipinski definition) is 1. The maximum absolute atomic E-state index is 3.88. The molecule has 12 heavy (non-hydrogen) atoms. The molecule has 0 amide bonds. The Kier molecular flexibility index (Phi) is 6.58. The fraction of sp³-hybridized carbons (Fsp3) is 0.800. The third-order valence-corrected chi connectivity index (χ3v) is 3.00. The van der Waals surface area contributed by atoms with Crippen LogP contribution in [0.15, 0.2) is 12.7 Å². The molecule has 1 N–H and O–H groups in total. The van der Waals surface area contributed by atoms with Gasteiger partial charge in [0.1, 0.15) is 0 Å². The SMILES string of the molecule is C=CC(C)(CCSCC)CNC. The minimum atomic E-state index is 0.275. The van der Waals surface area contributed by atoms with E-state index in [4.69, 9.17) is 0 Å². The van der Waals surface area contributed by atoms with Gasteiger partial charge in [-0.3, -0.25) is 0 Å². The smallest absolute Gasteiger partial charge is 0.00370 e. The molecule has 0 rings (SSSR count). The van der Waals surface area contributed by atoms with Gasteiger partial charge in [-0.1, -0.05) is 19.9 Å². The van der Waals surface area contributed by atoms with E-state index in [0.29, 0.717) is 0 Å². The predicted octanol–water partition coefficient (Wildman–Crippen LogP) is 2.54. The third-order valence-electron chi connectivity index (χ3n) is 2.10. The molecule has 0 bridgehead atoms. The molecule has 72 valence electrons. The fourth-order valence-electron chi connectivity index (χ4n) is 1.12. The zero-order chi connectivity index (χ0) is 9.45. The van der Waals surface area contributed by atoms with Crippen LogP contribution in [0.4, 0.5) is 0 Å². The first-order chi connectivity index (χ1) is 5.68. The molecule has 0 heterocycles. The summed E-state index contributed by atoms with van der Waals surface area (Å²) in [4.78, 5) is 0. The summed E-state index contributed by atoms with van der Waals surface area (Å²) in [5.41, 5.74) is 0.275. The average Bonchev–Trinajstić information content (AvgIpc) is 2.06. The van der Waals surface area contributed by atoms with E-state index < -0.39 is 0 Å². The maximum atomic E-state index is 3.88. The number of thioether (sulfide) groups is 1. The lowest BCUT2D eigenvalue weighted by Crippen LogP contribution is -2.28. The first kappa shape index (κ1) is 12.0. The summed E-state index contributed by atoms with van der Waals surface area (Å²) in [6.07, 6.45) is 3.29. The number of rotatable bonds is 7. The van der Waals surface area contributed by atoms with Crippen molar-refractivity contribution in [3.8, 4) is 0 Å². The Balaban J connectivity index is 3.71. The van der Waals surface area contributed by atoms with Crippen LogP contribution in [0.5, 0.6) is 0 Å². The largest absolute Gasteiger partial charge is 0.319 e. The summed E-state index contributed by atoms with van der Waals surface area (Å²) >= 11 is 2.00. The molecular formula is C10H21NS. The zero-order valence-corrected chi connectivity index (χ0v) is 9.34. The van der Waals surface area contributed by atoms with Gasteiger partial charge in [0.2, 0.25) is 0 Å². The Hall–Kier alpha value is 0.0500. The molecule has 2 heteroatoms. The first-order valence-electron chi connectivity index (χ1n) is 4.54. The highest BCUT2D eigenvalue weighted by Crippen LogP contribution is 2.23. The van der Waals surface area contributed by atoms with Gasteiger partial charge in [0.15, 0.2) is 0 Å². The summed E-state index contributed by atoms with van der Waals surface area (Å²) in [7, 11) is 1.99. The van der Waals surface area contributed by atoms with Gasteiger partial charge >= 0.3 is 0 Å². The standard InChI is InChI=1S/C10H21NS/c1-5-10(3,9-11-4)7-8-12-6-2/h5,11H,1,6-9H2,2-4H3. The van der Waals surface area contributed by atoms with E-state index in [2.05, 4.69) is 31.8 Å². The van der Waals surface area contributed by atoms with E-state index in [1.165, 1.54) is 17.9 Å². The van der Waals surface area contributed by atoms with Gasteiger partial charge in [-0.15, -0.1) is 6.58 Å². The molecule has 0 aliphatic heterocycles. The molecule has 0 aromatic heterocycles. The van der Waals surface area contributed by atoms with E-state index in [0.717, 1.165) is 6.54 Å².